The van der Waals surface area contributed by atoms with Crippen LogP contribution in [0.4, 0.5) is 0 Å². The lowest BCUT2D eigenvalue weighted by molar-refractivity contribution is 0.0956. The number of carbonyl (C=O) groups excluding carboxylic acids is 1. The first-order valence-electron chi connectivity index (χ1n) is 6.60. The molecule has 3 rings (SSSR count). The predicted molar refractivity (Wildman–Crippen MR) is 76.8 cm³/mol. The second kappa shape index (κ2) is 4.82. The van der Waals surface area contributed by atoms with E-state index in [2.05, 4.69) is 10.3 Å². The van der Waals surface area contributed by atoms with Crippen LogP contribution in [0.25, 0.3) is 10.9 Å². The van der Waals surface area contributed by atoms with E-state index >= 15 is 0 Å². The van der Waals surface area contributed by atoms with Gasteiger partial charge in [-0.2, -0.15) is 0 Å². The highest BCUT2D eigenvalue weighted by molar-refractivity contribution is 6.31. The minimum atomic E-state index is -0.0182. The van der Waals surface area contributed by atoms with Crippen molar-refractivity contribution in [3.05, 3.63) is 40.0 Å². The number of fused-ring (bicyclic) bond motifs is 2. The average molecular weight is 275 g/mol. The van der Waals surface area contributed by atoms with Crippen molar-refractivity contribution < 1.29 is 4.79 Å². The van der Waals surface area contributed by atoms with Gasteiger partial charge in [0.1, 0.15) is 0 Å². The number of nitrogens with one attached hydrogen (secondary N) is 1. The van der Waals surface area contributed by atoms with Crippen LogP contribution >= 0.6 is 11.6 Å². The molecule has 0 bridgehead atoms. The second-order valence-electron chi connectivity index (χ2n) is 4.79. The van der Waals surface area contributed by atoms with Crippen LogP contribution in [0.5, 0.6) is 0 Å². The number of rotatable bonds is 2. The molecule has 0 unspecified atom stereocenters. The maximum absolute atomic E-state index is 12.3. The van der Waals surface area contributed by atoms with Crippen molar-refractivity contribution in [1.82, 2.24) is 10.3 Å². The molecule has 0 spiro atoms. The van der Waals surface area contributed by atoms with Crippen LogP contribution in [0.15, 0.2) is 18.2 Å². The summed E-state index contributed by atoms with van der Waals surface area (Å²) in [5.74, 6) is -0.0182. The van der Waals surface area contributed by atoms with Crippen LogP contribution in [0, 0.1) is 0 Å². The lowest BCUT2D eigenvalue weighted by atomic mass is 10.0. The van der Waals surface area contributed by atoms with Crippen LogP contribution < -0.4 is 5.32 Å². The van der Waals surface area contributed by atoms with Crippen molar-refractivity contribution in [3.8, 4) is 0 Å². The normalized spacial score (nSPS) is 13.6. The third-order valence-electron chi connectivity index (χ3n) is 3.54. The molecule has 1 aliphatic rings. The van der Waals surface area contributed by atoms with E-state index in [1.165, 1.54) is 0 Å². The molecule has 1 aliphatic carbocycles. The molecule has 4 heteroatoms. The van der Waals surface area contributed by atoms with Crippen molar-refractivity contribution in [2.24, 2.45) is 0 Å². The first-order valence-corrected chi connectivity index (χ1v) is 6.97. The van der Waals surface area contributed by atoms with Gasteiger partial charge in [0.25, 0.3) is 5.91 Å². The predicted octanol–water partition coefficient (Wildman–Crippen LogP) is 3.13. The van der Waals surface area contributed by atoms with Crippen molar-refractivity contribution in [3.63, 3.8) is 0 Å². The van der Waals surface area contributed by atoms with E-state index in [1.54, 1.807) is 0 Å². The molecule has 1 amide bonds. The number of benzene rings is 1. The molecule has 98 valence electrons. The van der Waals surface area contributed by atoms with Crippen molar-refractivity contribution >= 4 is 28.4 Å². The number of aromatic nitrogens is 1. The number of halogens is 1. The zero-order valence-electron chi connectivity index (χ0n) is 10.8. The number of amides is 1. The molecule has 1 heterocycles. The molecule has 0 aliphatic heterocycles. The minimum absolute atomic E-state index is 0.0182. The SMILES string of the molecule is CCNC(=O)c1c2c(nc3ccc(Cl)cc13)CCC2. The molecule has 1 aromatic heterocycles. The number of nitrogens with zero attached hydrogens (tertiary/aromatic N) is 1. The second-order valence-corrected chi connectivity index (χ2v) is 5.22. The topological polar surface area (TPSA) is 42.0 Å². The molecule has 0 atom stereocenters. The van der Waals surface area contributed by atoms with Gasteiger partial charge in [0.2, 0.25) is 0 Å². The fraction of sp³-hybridized carbons (Fsp3) is 0.333. The van der Waals surface area contributed by atoms with Gasteiger partial charge < -0.3 is 5.32 Å². The van der Waals surface area contributed by atoms with Gasteiger partial charge in [0.05, 0.1) is 11.1 Å². The Morgan fingerprint density at radius 3 is 3.05 bits per heavy atom. The molecular weight excluding hydrogens is 260 g/mol. The largest absolute Gasteiger partial charge is 0.352 e. The maximum atomic E-state index is 12.3. The van der Waals surface area contributed by atoms with Crippen molar-refractivity contribution in [2.75, 3.05) is 6.54 Å². The highest BCUT2D eigenvalue weighted by Crippen LogP contribution is 2.31. The van der Waals surface area contributed by atoms with Gasteiger partial charge >= 0.3 is 0 Å². The number of hydrogen-bond acceptors (Lipinski definition) is 2. The summed E-state index contributed by atoms with van der Waals surface area (Å²) in [6.45, 7) is 2.55. The zero-order chi connectivity index (χ0) is 13.4. The number of pyridine rings is 1. The maximum Gasteiger partial charge on any atom is 0.252 e. The summed E-state index contributed by atoms with van der Waals surface area (Å²) in [5.41, 5.74) is 3.78. The molecule has 0 radical (unpaired) electrons. The van der Waals surface area contributed by atoms with Crippen LogP contribution in [0.3, 0.4) is 0 Å². The third kappa shape index (κ3) is 2.08. The Bertz CT molecular complexity index is 667. The van der Waals surface area contributed by atoms with Gasteiger partial charge in [-0.3, -0.25) is 9.78 Å². The molecule has 0 saturated heterocycles. The van der Waals surface area contributed by atoms with Gasteiger partial charge in [0, 0.05) is 22.6 Å². The van der Waals surface area contributed by atoms with Gasteiger partial charge in [-0.15, -0.1) is 0 Å². The van der Waals surface area contributed by atoms with Crippen molar-refractivity contribution in [2.45, 2.75) is 26.2 Å². The summed E-state index contributed by atoms with van der Waals surface area (Å²) >= 11 is 6.06. The smallest absolute Gasteiger partial charge is 0.252 e. The van der Waals surface area contributed by atoms with E-state index in [0.717, 1.165) is 47.0 Å². The summed E-state index contributed by atoms with van der Waals surface area (Å²) in [6.07, 6.45) is 2.95. The van der Waals surface area contributed by atoms with E-state index in [-0.39, 0.29) is 5.91 Å². The fourth-order valence-corrected chi connectivity index (χ4v) is 2.91. The molecule has 19 heavy (non-hydrogen) atoms. The van der Waals surface area contributed by atoms with Crippen LogP contribution in [-0.2, 0) is 12.8 Å². The molecule has 0 saturated carbocycles. The lowest BCUT2D eigenvalue weighted by Gasteiger charge is -2.12. The van der Waals surface area contributed by atoms with E-state index in [9.17, 15) is 4.79 Å². The minimum Gasteiger partial charge on any atom is -0.352 e. The number of aryl methyl sites for hydroxylation is 1. The van der Waals surface area contributed by atoms with E-state index in [4.69, 9.17) is 11.6 Å². The Kier molecular flexibility index (Phi) is 3.15. The third-order valence-corrected chi connectivity index (χ3v) is 3.77. The van der Waals surface area contributed by atoms with Gasteiger partial charge in [-0.25, -0.2) is 0 Å². The molecule has 1 N–H and O–H groups in total. The quantitative estimate of drug-likeness (QED) is 0.914. The average Bonchev–Trinajstić information content (AvgIpc) is 2.83. The first-order chi connectivity index (χ1) is 9.20. The van der Waals surface area contributed by atoms with Gasteiger partial charge in [-0.1, -0.05) is 11.6 Å². The summed E-state index contributed by atoms with van der Waals surface area (Å²) in [5, 5.41) is 4.39. The van der Waals surface area contributed by atoms with Crippen LogP contribution in [0.1, 0.15) is 35.0 Å². The Labute approximate surface area is 117 Å². The summed E-state index contributed by atoms with van der Waals surface area (Å²) < 4.78 is 0. The zero-order valence-corrected chi connectivity index (χ0v) is 11.5. The highest BCUT2D eigenvalue weighted by Gasteiger charge is 2.23. The Balaban J connectivity index is 2.31. The van der Waals surface area contributed by atoms with E-state index in [0.29, 0.717) is 11.6 Å². The molecular formula is C15H15ClN2O. The Hall–Kier alpha value is -1.61. The van der Waals surface area contributed by atoms with Crippen molar-refractivity contribution in [1.29, 1.82) is 0 Å². The summed E-state index contributed by atoms with van der Waals surface area (Å²) in [7, 11) is 0. The molecule has 0 fully saturated rings. The van der Waals surface area contributed by atoms with Gasteiger partial charge in [0.15, 0.2) is 0 Å². The standard InChI is InChI=1S/C15H15ClN2O/c1-2-17-15(19)14-10-4-3-5-12(10)18-13-7-6-9(16)8-11(13)14/h6-8H,2-5H2,1H3,(H,17,19). The highest BCUT2D eigenvalue weighted by atomic mass is 35.5. The van der Waals surface area contributed by atoms with Crippen LogP contribution in [-0.4, -0.2) is 17.4 Å². The number of hydrogen-bond donors (Lipinski definition) is 1. The molecule has 2 aromatic rings. The molecule has 1 aromatic carbocycles. The first kappa shape index (κ1) is 12.4. The summed E-state index contributed by atoms with van der Waals surface area (Å²) in [4.78, 5) is 17.0. The lowest BCUT2D eigenvalue weighted by Crippen LogP contribution is -2.24. The fourth-order valence-electron chi connectivity index (χ4n) is 2.74. The Morgan fingerprint density at radius 2 is 2.26 bits per heavy atom. The van der Waals surface area contributed by atoms with E-state index < -0.39 is 0 Å². The van der Waals surface area contributed by atoms with E-state index in [1.807, 2.05) is 25.1 Å². The number of carbonyl (C=O) groups is 1. The Morgan fingerprint density at radius 1 is 1.42 bits per heavy atom. The molecule has 3 nitrogen and oxygen atoms in total. The van der Waals surface area contributed by atoms with Gasteiger partial charge in [-0.05, 0) is 49.9 Å². The summed E-state index contributed by atoms with van der Waals surface area (Å²) in [6, 6.07) is 5.55. The van der Waals surface area contributed by atoms with Crippen LogP contribution in [0.2, 0.25) is 5.02 Å². The monoisotopic (exact) mass is 274 g/mol.